The lowest BCUT2D eigenvalue weighted by molar-refractivity contribution is 0.311. The van der Waals surface area contributed by atoms with Crippen molar-refractivity contribution in [2.24, 2.45) is 0 Å². The molecule has 0 bridgehead atoms. The third-order valence-electron chi connectivity index (χ3n) is 2.70. The normalized spacial score (nSPS) is 12.4. The minimum absolute atomic E-state index is 0.0450. The predicted molar refractivity (Wildman–Crippen MR) is 82.9 cm³/mol. The lowest BCUT2D eigenvalue weighted by Crippen LogP contribution is -2.35. The Morgan fingerprint density at radius 3 is 2.45 bits per heavy atom. The molecule has 0 saturated carbocycles. The van der Waals surface area contributed by atoms with Gasteiger partial charge in [-0.1, -0.05) is 18.2 Å². The Morgan fingerprint density at radius 1 is 1.20 bits per heavy atom. The van der Waals surface area contributed by atoms with Gasteiger partial charge in [-0.05, 0) is 33.3 Å². The molecule has 0 heterocycles. The first-order valence-electron chi connectivity index (χ1n) is 6.81. The van der Waals surface area contributed by atoms with Gasteiger partial charge in [0.25, 0.3) is 0 Å². The van der Waals surface area contributed by atoms with Crippen LogP contribution in [-0.2, 0) is 16.4 Å². The van der Waals surface area contributed by atoms with Gasteiger partial charge in [-0.25, -0.2) is 8.42 Å². The van der Waals surface area contributed by atoms with Crippen molar-refractivity contribution < 1.29 is 13.2 Å². The molecule has 20 heavy (non-hydrogen) atoms. The van der Waals surface area contributed by atoms with Gasteiger partial charge in [-0.15, -0.1) is 0 Å². The fourth-order valence-corrected chi connectivity index (χ4v) is 2.30. The van der Waals surface area contributed by atoms with Gasteiger partial charge in [0.2, 0.25) is 0 Å². The average molecular weight is 299 g/mol. The SMILES string of the molecule is CC(C)(C)NCc1ccccc1OCCCS(C)(=O)=O. The summed E-state index contributed by atoms with van der Waals surface area (Å²) >= 11 is 0. The van der Waals surface area contributed by atoms with Gasteiger partial charge in [-0.3, -0.25) is 0 Å². The van der Waals surface area contributed by atoms with Crippen LogP contribution in [0.3, 0.4) is 0 Å². The maximum Gasteiger partial charge on any atom is 0.147 e. The largest absolute Gasteiger partial charge is 0.493 e. The molecule has 0 radical (unpaired) electrons. The molecule has 4 nitrogen and oxygen atoms in total. The van der Waals surface area contributed by atoms with Crippen molar-refractivity contribution in [1.29, 1.82) is 0 Å². The van der Waals surface area contributed by atoms with Gasteiger partial charge in [0, 0.05) is 23.9 Å². The molecule has 0 aliphatic carbocycles. The number of ether oxygens (including phenoxy) is 1. The molecule has 0 aliphatic rings. The molecule has 0 unspecified atom stereocenters. The van der Waals surface area contributed by atoms with Crippen LogP contribution in [0, 0.1) is 0 Å². The summed E-state index contributed by atoms with van der Waals surface area (Å²) in [6.45, 7) is 7.49. The van der Waals surface area contributed by atoms with Crippen LogP contribution in [0.15, 0.2) is 24.3 Å². The Labute approximate surface area is 122 Å². The van der Waals surface area contributed by atoms with E-state index in [4.69, 9.17) is 4.74 Å². The maximum absolute atomic E-state index is 11.1. The minimum Gasteiger partial charge on any atom is -0.493 e. The van der Waals surface area contributed by atoms with Crippen molar-refractivity contribution in [2.75, 3.05) is 18.6 Å². The highest BCUT2D eigenvalue weighted by Crippen LogP contribution is 2.19. The van der Waals surface area contributed by atoms with E-state index >= 15 is 0 Å². The second kappa shape index (κ2) is 7.09. The van der Waals surface area contributed by atoms with Crippen molar-refractivity contribution in [1.82, 2.24) is 5.32 Å². The van der Waals surface area contributed by atoms with Gasteiger partial charge in [-0.2, -0.15) is 0 Å². The van der Waals surface area contributed by atoms with Crippen molar-refractivity contribution in [3.63, 3.8) is 0 Å². The summed E-state index contributed by atoms with van der Waals surface area (Å²) in [5.41, 5.74) is 1.13. The van der Waals surface area contributed by atoms with Gasteiger partial charge in [0.1, 0.15) is 15.6 Å². The number of benzene rings is 1. The van der Waals surface area contributed by atoms with Crippen molar-refractivity contribution in [3.05, 3.63) is 29.8 Å². The summed E-state index contributed by atoms with van der Waals surface area (Å²) in [6, 6.07) is 7.83. The fourth-order valence-electron chi connectivity index (χ4n) is 1.65. The molecule has 1 aromatic rings. The molecule has 0 aliphatic heterocycles. The highest BCUT2D eigenvalue weighted by Gasteiger charge is 2.11. The second-order valence-electron chi connectivity index (χ2n) is 6.04. The van der Waals surface area contributed by atoms with E-state index < -0.39 is 9.84 Å². The molecule has 0 fully saturated rings. The molecular weight excluding hydrogens is 274 g/mol. The Morgan fingerprint density at radius 2 is 1.85 bits per heavy atom. The molecule has 0 atom stereocenters. The molecular formula is C15H25NO3S. The topological polar surface area (TPSA) is 55.4 Å². The number of hydrogen-bond acceptors (Lipinski definition) is 4. The Balaban J connectivity index is 2.53. The standard InChI is InChI=1S/C15H25NO3S/c1-15(2,3)16-12-13-8-5-6-9-14(13)19-10-7-11-20(4,17)18/h5-6,8-9,16H,7,10-12H2,1-4H3. The third kappa shape index (κ3) is 7.50. The first-order valence-corrected chi connectivity index (χ1v) is 8.87. The van der Waals surface area contributed by atoms with Crippen molar-refractivity contribution in [3.8, 4) is 5.75 Å². The Bertz CT molecular complexity index is 518. The van der Waals surface area contributed by atoms with E-state index in [-0.39, 0.29) is 11.3 Å². The van der Waals surface area contributed by atoms with E-state index in [1.165, 1.54) is 6.26 Å². The predicted octanol–water partition coefficient (Wildman–Crippen LogP) is 2.39. The van der Waals surface area contributed by atoms with E-state index in [1.54, 1.807) is 0 Å². The van der Waals surface area contributed by atoms with Crippen LogP contribution in [0.4, 0.5) is 0 Å². The minimum atomic E-state index is -2.91. The summed E-state index contributed by atoms with van der Waals surface area (Å²) in [5, 5.41) is 3.42. The molecule has 5 heteroatoms. The third-order valence-corrected chi connectivity index (χ3v) is 3.73. The summed E-state index contributed by atoms with van der Waals surface area (Å²) in [5.74, 6) is 0.979. The van der Waals surface area contributed by atoms with E-state index in [1.807, 2.05) is 24.3 Å². The molecule has 114 valence electrons. The van der Waals surface area contributed by atoms with Gasteiger partial charge in [0.05, 0.1) is 12.4 Å². The fraction of sp³-hybridized carbons (Fsp3) is 0.600. The van der Waals surface area contributed by atoms with Gasteiger partial charge < -0.3 is 10.1 Å². The molecule has 1 aromatic carbocycles. The molecule has 0 spiro atoms. The molecule has 1 rings (SSSR count). The average Bonchev–Trinajstić information content (AvgIpc) is 2.31. The van der Waals surface area contributed by atoms with Crippen LogP contribution in [-0.4, -0.2) is 32.6 Å². The van der Waals surface area contributed by atoms with Crippen LogP contribution >= 0.6 is 0 Å². The molecule has 0 saturated heterocycles. The Hall–Kier alpha value is -1.07. The van der Waals surface area contributed by atoms with Crippen LogP contribution in [0.5, 0.6) is 5.75 Å². The number of para-hydroxylation sites is 1. The van der Waals surface area contributed by atoms with Gasteiger partial charge >= 0.3 is 0 Å². The van der Waals surface area contributed by atoms with Crippen LogP contribution in [0.2, 0.25) is 0 Å². The van der Waals surface area contributed by atoms with E-state index in [0.29, 0.717) is 13.0 Å². The Kier molecular flexibility index (Phi) is 6.02. The number of nitrogens with one attached hydrogen (secondary N) is 1. The lowest BCUT2D eigenvalue weighted by atomic mass is 10.1. The van der Waals surface area contributed by atoms with Gasteiger partial charge in [0.15, 0.2) is 0 Å². The van der Waals surface area contributed by atoms with Crippen LogP contribution in [0.25, 0.3) is 0 Å². The molecule has 1 N–H and O–H groups in total. The summed E-state index contributed by atoms with van der Waals surface area (Å²) in [6.07, 6.45) is 1.76. The maximum atomic E-state index is 11.1. The van der Waals surface area contributed by atoms with Crippen LogP contribution in [0.1, 0.15) is 32.8 Å². The lowest BCUT2D eigenvalue weighted by Gasteiger charge is -2.21. The monoisotopic (exact) mass is 299 g/mol. The first-order chi connectivity index (χ1) is 9.17. The van der Waals surface area contributed by atoms with Crippen LogP contribution < -0.4 is 10.1 Å². The number of sulfone groups is 1. The summed E-state index contributed by atoms with van der Waals surface area (Å²) in [4.78, 5) is 0. The van der Waals surface area contributed by atoms with Crippen molar-refractivity contribution in [2.45, 2.75) is 39.3 Å². The summed E-state index contributed by atoms with van der Waals surface area (Å²) in [7, 11) is -2.91. The zero-order chi connectivity index (χ0) is 15.2. The number of hydrogen-bond donors (Lipinski definition) is 1. The first kappa shape index (κ1) is 17.0. The highest BCUT2D eigenvalue weighted by molar-refractivity contribution is 7.90. The second-order valence-corrected chi connectivity index (χ2v) is 8.30. The van der Waals surface area contributed by atoms with E-state index in [9.17, 15) is 8.42 Å². The zero-order valence-corrected chi connectivity index (χ0v) is 13.6. The molecule has 0 amide bonds. The van der Waals surface area contributed by atoms with E-state index in [0.717, 1.165) is 17.9 Å². The van der Waals surface area contributed by atoms with E-state index in [2.05, 4.69) is 26.1 Å². The summed E-state index contributed by atoms with van der Waals surface area (Å²) < 4.78 is 27.8. The molecule has 0 aromatic heterocycles. The number of rotatable bonds is 7. The highest BCUT2D eigenvalue weighted by atomic mass is 32.2. The zero-order valence-electron chi connectivity index (χ0n) is 12.8. The quantitative estimate of drug-likeness (QED) is 0.786. The van der Waals surface area contributed by atoms with Crippen molar-refractivity contribution >= 4 is 9.84 Å². The smallest absolute Gasteiger partial charge is 0.147 e.